The van der Waals surface area contributed by atoms with Gasteiger partial charge in [0.2, 0.25) is 12.2 Å². The van der Waals surface area contributed by atoms with Crippen LogP contribution in [0.4, 0.5) is 0 Å². The Labute approximate surface area is 240 Å². The second-order valence-corrected chi connectivity index (χ2v) is 11.6. The van der Waals surface area contributed by atoms with Gasteiger partial charge in [0.15, 0.2) is 11.5 Å². The average molecular weight is 572 g/mol. The average Bonchev–Trinajstić information content (AvgIpc) is 3.65. The van der Waals surface area contributed by atoms with E-state index in [1.165, 1.54) is 0 Å². The summed E-state index contributed by atoms with van der Waals surface area (Å²) in [5.74, 6) is -0.409. The summed E-state index contributed by atoms with van der Waals surface area (Å²) in [4.78, 5) is 26.3. The number of benzene rings is 2. The number of carbonyl (C=O) groups is 2. The van der Waals surface area contributed by atoms with Crippen LogP contribution in [-0.4, -0.2) is 54.0 Å². The molecule has 0 radical (unpaired) electrons. The quantitative estimate of drug-likeness (QED) is 0.381. The van der Waals surface area contributed by atoms with Crippen molar-refractivity contribution in [3.8, 4) is 11.5 Å². The largest absolute Gasteiger partial charge is 0.470 e. The third kappa shape index (κ3) is 7.28. The van der Waals surface area contributed by atoms with Gasteiger partial charge in [-0.3, -0.25) is 0 Å². The number of hydrogen-bond donors (Lipinski definition) is 2. The fraction of sp³-hybridized carbons (Fsp3) is 0.548. The van der Waals surface area contributed by atoms with E-state index in [1.54, 1.807) is 18.2 Å². The molecule has 2 fully saturated rings. The minimum absolute atomic E-state index is 0.0358. The number of aliphatic hydroxyl groups is 1. The van der Waals surface area contributed by atoms with Gasteiger partial charge < -0.3 is 29.4 Å². The second-order valence-electron chi connectivity index (χ2n) is 11.1. The SMILES string of the molecule is CC(Cc1ccc2c(c1)OC(C(=O)OC1CCCC1)C(C(=O)OC1CCCC1)O2)NCC(O)c1cccc(Cl)c1. The van der Waals surface area contributed by atoms with Crippen LogP contribution in [0, 0.1) is 0 Å². The van der Waals surface area contributed by atoms with Gasteiger partial charge in [0, 0.05) is 17.6 Å². The Morgan fingerprint density at radius 1 is 0.925 bits per heavy atom. The molecule has 216 valence electrons. The summed E-state index contributed by atoms with van der Waals surface area (Å²) in [6.07, 6.45) is 4.52. The molecule has 0 aromatic heterocycles. The molecule has 4 atom stereocenters. The topological polar surface area (TPSA) is 103 Å². The van der Waals surface area contributed by atoms with Crippen LogP contribution in [-0.2, 0) is 25.5 Å². The van der Waals surface area contributed by atoms with E-state index in [1.807, 2.05) is 31.2 Å². The molecule has 4 unspecified atom stereocenters. The number of halogens is 1. The Kier molecular flexibility index (Phi) is 9.50. The molecule has 2 N–H and O–H groups in total. The predicted octanol–water partition coefficient (Wildman–Crippen LogP) is 5.07. The van der Waals surface area contributed by atoms with E-state index in [9.17, 15) is 14.7 Å². The number of hydrogen-bond acceptors (Lipinski definition) is 8. The van der Waals surface area contributed by atoms with Crippen LogP contribution in [0.25, 0.3) is 0 Å². The fourth-order valence-electron chi connectivity index (χ4n) is 5.65. The summed E-state index contributed by atoms with van der Waals surface area (Å²) >= 11 is 6.04. The van der Waals surface area contributed by atoms with Crippen molar-refractivity contribution in [2.75, 3.05) is 6.54 Å². The van der Waals surface area contributed by atoms with Crippen LogP contribution in [0.5, 0.6) is 11.5 Å². The maximum absolute atomic E-state index is 13.2. The Balaban J connectivity index is 1.24. The molecular formula is C31H38ClNO7. The van der Waals surface area contributed by atoms with Gasteiger partial charge in [-0.25, -0.2) is 9.59 Å². The Hall–Kier alpha value is -2.81. The summed E-state index contributed by atoms with van der Waals surface area (Å²) in [7, 11) is 0. The van der Waals surface area contributed by atoms with Gasteiger partial charge in [0.25, 0.3) is 0 Å². The van der Waals surface area contributed by atoms with Crippen molar-refractivity contribution < 1.29 is 33.6 Å². The molecule has 0 spiro atoms. The van der Waals surface area contributed by atoms with E-state index in [4.69, 9.17) is 30.5 Å². The van der Waals surface area contributed by atoms with E-state index in [0.29, 0.717) is 29.5 Å². The zero-order chi connectivity index (χ0) is 28.1. The second kappa shape index (κ2) is 13.2. The number of fused-ring (bicyclic) bond motifs is 1. The molecule has 0 bridgehead atoms. The minimum Gasteiger partial charge on any atom is -0.470 e. The summed E-state index contributed by atoms with van der Waals surface area (Å²) in [6, 6.07) is 12.7. The molecule has 2 aliphatic carbocycles. The number of aliphatic hydroxyl groups excluding tert-OH is 1. The maximum atomic E-state index is 13.2. The lowest BCUT2D eigenvalue weighted by atomic mass is 10.0. The molecule has 0 amide bonds. The minimum atomic E-state index is -1.24. The highest BCUT2D eigenvalue weighted by Gasteiger charge is 2.45. The highest BCUT2D eigenvalue weighted by molar-refractivity contribution is 6.30. The van der Waals surface area contributed by atoms with Gasteiger partial charge in [0.1, 0.15) is 12.2 Å². The van der Waals surface area contributed by atoms with Crippen LogP contribution < -0.4 is 14.8 Å². The molecule has 1 aliphatic heterocycles. The zero-order valence-electron chi connectivity index (χ0n) is 22.9. The first-order valence-electron chi connectivity index (χ1n) is 14.4. The molecule has 1 heterocycles. The maximum Gasteiger partial charge on any atom is 0.352 e. The molecule has 2 aromatic carbocycles. The summed E-state index contributed by atoms with van der Waals surface area (Å²) < 4.78 is 23.6. The van der Waals surface area contributed by atoms with Crippen molar-refractivity contribution in [2.24, 2.45) is 0 Å². The van der Waals surface area contributed by atoms with E-state index >= 15 is 0 Å². The van der Waals surface area contributed by atoms with E-state index in [0.717, 1.165) is 62.5 Å². The third-order valence-electron chi connectivity index (χ3n) is 7.86. The Bertz CT molecular complexity index is 1180. The highest BCUT2D eigenvalue weighted by Crippen LogP contribution is 2.37. The normalized spacial score (nSPS) is 22.6. The van der Waals surface area contributed by atoms with Crippen LogP contribution in [0.3, 0.4) is 0 Å². The van der Waals surface area contributed by atoms with Gasteiger partial charge in [-0.05, 0) is 100 Å². The van der Waals surface area contributed by atoms with Crippen molar-refractivity contribution >= 4 is 23.5 Å². The molecule has 2 aromatic rings. The van der Waals surface area contributed by atoms with E-state index in [2.05, 4.69) is 5.32 Å². The summed E-state index contributed by atoms with van der Waals surface area (Å²) in [5, 5.41) is 14.5. The molecule has 40 heavy (non-hydrogen) atoms. The van der Waals surface area contributed by atoms with Crippen molar-refractivity contribution in [3.05, 3.63) is 58.6 Å². The molecule has 2 saturated carbocycles. The predicted molar refractivity (Wildman–Crippen MR) is 150 cm³/mol. The lowest BCUT2D eigenvalue weighted by Crippen LogP contribution is -2.52. The van der Waals surface area contributed by atoms with Crippen LogP contribution in [0.2, 0.25) is 5.02 Å². The van der Waals surface area contributed by atoms with Crippen molar-refractivity contribution in [1.29, 1.82) is 0 Å². The number of carbonyl (C=O) groups excluding carboxylic acids is 2. The molecular weight excluding hydrogens is 534 g/mol. The number of esters is 2. The first-order valence-corrected chi connectivity index (χ1v) is 14.8. The molecule has 5 rings (SSSR count). The monoisotopic (exact) mass is 571 g/mol. The van der Waals surface area contributed by atoms with Gasteiger partial charge >= 0.3 is 11.9 Å². The number of ether oxygens (including phenoxy) is 4. The van der Waals surface area contributed by atoms with Crippen molar-refractivity contribution in [3.63, 3.8) is 0 Å². The Morgan fingerprint density at radius 3 is 2.12 bits per heavy atom. The van der Waals surface area contributed by atoms with Crippen LogP contribution in [0.15, 0.2) is 42.5 Å². The molecule has 8 nitrogen and oxygen atoms in total. The zero-order valence-corrected chi connectivity index (χ0v) is 23.6. The first kappa shape index (κ1) is 28.7. The number of nitrogens with one attached hydrogen (secondary N) is 1. The van der Waals surface area contributed by atoms with E-state index in [-0.39, 0.29) is 18.2 Å². The van der Waals surface area contributed by atoms with Gasteiger partial charge in [-0.2, -0.15) is 0 Å². The van der Waals surface area contributed by atoms with Crippen molar-refractivity contribution in [2.45, 2.75) is 101 Å². The van der Waals surface area contributed by atoms with E-state index < -0.39 is 30.3 Å². The van der Waals surface area contributed by atoms with Gasteiger partial charge in [0.05, 0.1) is 6.10 Å². The standard InChI is InChI=1S/C31H38ClNO7/c1-19(33-18-25(34)21-7-6-8-22(32)17-21)15-20-13-14-26-27(16-20)40-29(31(36)38-24-11-4-5-12-24)28(39-26)30(35)37-23-9-2-3-10-23/h6-8,13-14,16-17,19,23-25,28-29,33-34H,2-5,9-12,15,18H2,1H3. The summed E-state index contributed by atoms with van der Waals surface area (Å²) in [6.45, 7) is 2.39. The van der Waals surface area contributed by atoms with Crippen LogP contribution >= 0.6 is 11.6 Å². The Morgan fingerprint density at radius 2 is 1.52 bits per heavy atom. The van der Waals surface area contributed by atoms with Crippen molar-refractivity contribution in [1.82, 2.24) is 5.32 Å². The highest BCUT2D eigenvalue weighted by atomic mass is 35.5. The molecule has 0 saturated heterocycles. The first-order chi connectivity index (χ1) is 19.4. The lowest BCUT2D eigenvalue weighted by molar-refractivity contribution is -0.177. The molecule has 9 heteroatoms. The third-order valence-corrected chi connectivity index (χ3v) is 8.10. The van der Waals surface area contributed by atoms with Crippen LogP contribution in [0.1, 0.15) is 75.5 Å². The van der Waals surface area contributed by atoms with Gasteiger partial charge in [-0.15, -0.1) is 0 Å². The van der Waals surface area contributed by atoms with Gasteiger partial charge in [-0.1, -0.05) is 29.8 Å². The fourth-order valence-corrected chi connectivity index (χ4v) is 5.85. The summed E-state index contributed by atoms with van der Waals surface area (Å²) in [5.41, 5.74) is 1.71. The lowest BCUT2D eigenvalue weighted by Gasteiger charge is -2.32. The molecule has 3 aliphatic rings. The number of rotatable bonds is 10. The smallest absolute Gasteiger partial charge is 0.352 e.